The van der Waals surface area contributed by atoms with E-state index in [0.29, 0.717) is 33.5 Å². The summed E-state index contributed by atoms with van der Waals surface area (Å²) in [5, 5.41) is 37.3. The van der Waals surface area contributed by atoms with Gasteiger partial charge in [0.2, 0.25) is 35.4 Å². The van der Waals surface area contributed by atoms with Gasteiger partial charge in [-0.25, -0.2) is 0 Å². The quantitative estimate of drug-likeness (QED) is 0.106. The highest BCUT2D eigenvalue weighted by atomic mass is 35.5. The van der Waals surface area contributed by atoms with Crippen LogP contribution < -0.4 is 31.9 Å². The molecule has 0 unspecified atom stereocenters. The largest absolute Gasteiger partial charge is 0.481 e. The van der Waals surface area contributed by atoms with Gasteiger partial charge in [-0.1, -0.05) is 81.6 Å². The summed E-state index contributed by atoms with van der Waals surface area (Å²) >= 11 is 12.9. The van der Waals surface area contributed by atoms with Crippen LogP contribution in [0.25, 0.3) is 21.8 Å². The Morgan fingerprint density at radius 2 is 1.28 bits per heavy atom. The number of aliphatic carboxylic acids is 1. The van der Waals surface area contributed by atoms with Crippen LogP contribution in [-0.2, 0) is 46.4 Å². The molecule has 19 heteroatoms. The zero-order valence-electron chi connectivity index (χ0n) is 33.5. The second-order valence-electron chi connectivity index (χ2n) is 15.3. The normalized spacial score (nSPS) is 23.2. The first kappa shape index (κ1) is 45.4. The fraction of sp³-hybridized carbons (Fsp3) is 0.439. The number of aromatic amines is 2. The lowest BCUT2D eigenvalue weighted by atomic mass is 9.96. The van der Waals surface area contributed by atoms with Crippen LogP contribution >= 0.6 is 23.2 Å². The number of carbonyl (C=O) groups excluding carboxylic acids is 6. The number of carboxylic acids is 1. The van der Waals surface area contributed by atoms with Crippen molar-refractivity contribution in [2.45, 2.75) is 96.1 Å². The molecule has 1 aliphatic rings. The Kier molecular flexibility index (Phi) is 15.2. The highest BCUT2D eigenvalue weighted by molar-refractivity contribution is 6.33. The van der Waals surface area contributed by atoms with Crippen LogP contribution in [0.5, 0.6) is 0 Å². The molecule has 1 saturated heterocycles. The number of amides is 6. The van der Waals surface area contributed by atoms with Gasteiger partial charge < -0.3 is 52.1 Å². The molecule has 3 heterocycles. The monoisotopic (exact) mass is 868 g/mol. The van der Waals surface area contributed by atoms with Gasteiger partial charge in [-0.15, -0.1) is 0 Å². The van der Waals surface area contributed by atoms with Crippen molar-refractivity contribution in [3.05, 3.63) is 70.0 Å². The van der Waals surface area contributed by atoms with Crippen molar-refractivity contribution >= 4 is 86.4 Å². The van der Waals surface area contributed by atoms with Crippen molar-refractivity contribution in [1.29, 1.82) is 0 Å². The number of hydrogen-bond acceptors (Lipinski definition) is 8. The van der Waals surface area contributed by atoms with Gasteiger partial charge in [-0.05, 0) is 47.6 Å². The van der Waals surface area contributed by atoms with Crippen LogP contribution in [0.2, 0.25) is 10.2 Å². The van der Waals surface area contributed by atoms with Crippen LogP contribution in [0.3, 0.4) is 0 Å². The third kappa shape index (κ3) is 10.9. The van der Waals surface area contributed by atoms with Gasteiger partial charge in [-0.2, -0.15) is 0 Å². The first-order chi connectivity index (χ1) is 28.5. The Hall–Kier alpha value is -5.65. The third-order valence-electron chi connectivity index (χ3n) is 10.7. The molecule has 60 heavy (non-hydrogen) atoms. The molecule has 1 aliphatic heterocycles. The van der Waals surface area contributed by atoms with E-state index in [4.69, 9.17) is 23.2 Å². The van der Waals surface area contributed by atoms with Crippen molar-refractivity contribution in [1.82, 2.24) is 41.9 Å². The number of carboxylic acid groups (broad SMARTS) is 1. The number of carbonyl (C=O) groups is 7. The van der Waals surface area contributed by atoms with Crippen LogP contribution in [-0.4, -0.2) is 104 Å². The molecule has 1 fully saturated rings. The minimum atomic E-state index is -1.63. The Balaban J connectivity index is 1.62. The van der Waals surface area contributed by atoms with E-state index in [1.54, 1.807) is 52.1 Å². The van der Waals surface area contributed by atoms with Gasteiger partial charge in [0.05, 0.1) is 6.61 Å². The molecule has 0 saturated carbocycles. The zero-order valence-corrected chi connectivity index (χ0v) is 35.0. The highest BCUT2D eigenvalue weighted by Crippen LogP contribution is 2.30. The topological polar surface area (TPSA) is 264 Å². The summed E-state index contributed by atoms with van der Waals surface area (Å²) in [6.45, 7) is 5.81. The summed E-state index contributed by atoms with van der Waals surface area (Å²) in [5.74, 6) is -7.56. The number of benzene rings is 2. The summed E-state index contributed by atoms with van der Waals surface area (Å²) in [6.07, 6.45) is 0.827. The van der Waals surface area contributed by atoms with Gasteiger partial charge in [0.25, 0.3) is 0 Å². The van der Waals surface area contributed by atoms with Crippen molar-refractivity contribution in [3.8, 4) is 0 Å². The van der Waals surface area contributed by atoms with Crippen LogP contribution in [0.4, 0.5) is 0 Å². The van der Waals surface area contributed by atoms with E-state index in [0.717, 1.165) is 10.9 Å². The van der Waals surface area contributed by atoms with Crippen molar-refractivity contribution < 1.29 is 43.8 Å². The molecule has 0 aliphatic carbocycles. The maximum atomic E-state index is 14.6. The maximum absolute atomic E-state index is 14.6. The molecule has 10 N–H and O–H groups in total. The smallest absolute Gasteiger partial charge is 0.303 e. The standard InChI is InChI=1S/C41H50Cl2N8O9/c1-5-20(4)34-41(60)46-27(12-13-32(53)54)36(55)49-31(18-52)39(58)50-33(19(2)3)40(59)48-29(14-21-17-44-26-9-7-6-8-23(21)26)37(56)47-30(38(57)51-34)16-25-24-11-10-22(42)15-28(24)45-35(25)43/h6-11,15,17,19-20,27,29-31,33-34,44-45,52H,5,12-14,16,18H2,1-4H3,(H,46,60)(H,47,56)(H,48,59)(H,49,55)(H,50,58)(H,51,57)(H,53,54)/t20-,27+,29+,30+,31-,33+,34-/m0/s1. The molecule has 0 spiro atoms. The lowest BCUT2D eigenvalue weighted by Crippen LogP contribution is -2.63. The van der Waals surface area contributed by atoms with Crippen molar-refractivity contribution in [2.75, 3.05) is 6.61 Å². The minimum Gasteiger partial charge on any atom is -0.481 e. The van der Waals surface area contributed by atoms with E-state index in [9.17, 15) is 43.8 Å². The number of nitrogens with one attached hydrogen (secondary N) is 8. The summed E-state index contributed by atoms with van der Waals surface area (Å²) < 4.78 is 0. The number of fused-ring (bicyclic) bond motifs is 2. The molecule has 0 radical (unpaired) electrons. The van der Waals surface area contributed by atoms with Crippen molar-refractivity contribution in [2.24, 2.45) is 11.8 Å². The van der Waals surface area contributed by atoms with E-state index >= 15 is 0 Å². The van der Waals surface area contributed by atoms with Crippen LogP contribution in [0.1, 0.15) is 58.1 Å². The number of halogens is 2. The maximum Gasteiger partial charge on any atom is 0.303 e. The molecule has 6 amide bonds. The summed E-state index contributed by atoms with van der Waals surface area (Å²) in [4.78, 5) is 102. The minimum absolute atomic E-state index is 0.0635. The Labute approximate surface area is 355 Å². The van der Waals surface area contributed by atoms with E-state index < -0.39 is 109 Å². The van der Waals surface area contributed by atoms with Crippen molar-refractivity contribution in [3.63, 3.8) is 0 Å². The molecule has 17 nitrogen and oxygen atoms in total. The zero-order chi connectivity index (χ0) is 43.8. The second-order valence-corrected chi connectivity index (χ2v) is 16.2. The number of aliphatic hydroxyl groups is 1. The predicted octanol–water partition coefficient (Wildman–Crippen LogP) is 2.22. The second kappa shape index (κ2) is 20.1. The first-order valence-corrected chi connectivity index (χ1v) is 20.4. The number of rotatable bonds is 11. The Bertz CT molecular complexity index is 2260. The molecule has 2 aromatic carbocycles. The van der Waals surface area contributed by atoms with E-state index in [1.165, 1.54) is 0 Å². The molecule has 7 atom stereocenters. The average molecular weight is 870 g/mol. The third-order valence-corrected chi connectivity index (χ3v) is 11.3. The number of aromatic nitrogens is 2. The summed E-state index contributed by atoms with van der Waals surface area (Å²) in [6, 6.07) is 3.82. The van der Waals surface area contributed by atoms with Gasteiger partial charge in [0.1, 0.15) is 41.4 Å². The molecule has 322 valence electrons. The summed E-state index contributed by atoms with van der Waals surface area (Å²) in [5.41, 5.74) is 2.44. The number of para-hydroxylation sites is 1. The lowest BCUT2D eigenvalue weighted by Gasteiger charge is -2.31. The average Bonchev–Trinajstić information content (AvgIpc) is 3.76. The number of aliphatic hydroxyl groups excluding tert-OH is 1. The number of H-pyrrole nitrogens is 2. The van der Waals surface area contributed by atoms with Gasteiger partial charge in [-0.3, -0.25) is 33.6 Å². The lowest BCUT2D eigenvalue weighted by molar-refractivity contribution is -0.139. The van der Waals surface area contributed by atoms with Crippen LogP contribution in [0, 0.1) is 11.8 Å². The molecule has 2 aromatic heterocycles. The fourth-order valence-corrected chi connectivity index (χ4v) is 7.53. The predicted molar refractivity (Wildman–Crippen MR) is 224 cm³/mol. The van der Waals surface area contributed by atoms with Gasteiger partial charge in [0.15, 0.2) is 0 Å². The Morgan fingerprint density at radius 3 is 1.97 bits per heavy atom. The van der Waals surface area contributed by atoms with Gasteiger partial charge in [0, 0.05) is 52.3 Å². The number of hydrogen-bond donors (Lipinski definition) is 10. The highest BCUT2D eigenvalue weighted by Gasteiger charge is 2.37. The molecule has 5 rings (SSSR count). The van der Waals surface area contributed by atoms with Gasteiger partial charge >= 0.3 is 5.97 Å². The van der Waals surface area contributed by atoms with E-state index in [-0.39, 0.29) is 18.0 Å². The van der Waals surface area contributed by atoms with Crippen LogP contribution in [0.15, 0.2) is 48.7 Å². The molecule has 0 bridgehead atoms. The molecular formula is C41H50Cl2N8O9. The van der Waals surface area contributed by atoms with E-state index in [2.05, 4.69) is 41.9 Å². The SMILES string of the molecule is CC[C@H](C)[C@@H]1NC(=O)[C@@H](Cc2c(Cl)[nH]c3cc(Cl)ccc23)NC(=O)[C@@H](Cc2c[nH]c3ccccc23)NC(=O)[C@@H](C(C)C)NC(=O)[C@H](CO)NC(=O)[C@@H](CCC(=O)O)NC1=O. The Morgan fingerprint density at radius 1 is 0.700 bits per heavy atom. The summed E-state index contributed by atoms with van der Waals surface area (Å²) in [7, 11) is 0. The fourth-order valence-electron chi connectivity index (χ4n) is 7.08. The molecular weight excluding hydrogens is 819 g/mol. The first-order valence-electron chi connectivity index (χ1n) is 19.7. The molecule has 4 aromatic rings. The van der Waals surface area contributed by atoms with E-state index in [1.807, 2.05) is 24.3 Å².